The number of carboxylic acid groups (broad SMARTS) is 1. The van der Waals surface area contributed by atoms with Gasteiger partial charge in [-0.05, 0) is 18.9 Å². The smallest absolute Gasteiger partial charge is 0.303 e. The van der Waals surface area contributed by atoms with E-state index in [4.69, 9.17) is 5.11 Å². The normalized spacial score (nSPS) is 11.9. The van der Waals surface area contributed by atoms with Crippen LogP contribution in [0.2, 0.25) is 0 Å². The van der Waals surface area contributed by atoms with Gasteiger partial charge in [-0.3, -0.25) is 9.59 Å². The number of hydrogen-bond acceptors (Lipinski definition) is 2. The van der Waals surface area contributed by atoms with E-state index >= 15 is 0 Å². The molecule has 0 radical (unpaired) electrons. The molecule has 1 rings (SSSR count). The Kier molecular flexibility index (Phi) is 6.77. The van der Waals surface area contributed by atoms with Crippen LogP contribution in [0.25, 0.3) is 0 Å². The molecule has 0 fully saturated rings. The van der Waals surface area contributed by atoms with Crippen molar-refractivity contribution < 1.29 is 14.7 Å². The average molecular weight is 277 g/mol. The summed E-state index contributed by atoms with van der Waals surface area (Å²) < 4.78 is 0. The molecule has 1 unspecified atom stereocenters. The van der Waals surface area contributed by atoms with Crippen molar-refractivity contribution in [3.05, 3.63) is 35.9 Å². The lowest BCUT2D eigenvalue weighted by atomic mass is 9.96. The van der Waals surface area contributed by atoms with Gasteiger partial charge in [0.15, 0.2) is 0 Å². The van der Waals surface area contributed by atoms with E-state index < -0.39 is 5.97 Å². The number of rotatable bonds is 8. The highest BCUT2D eigenvalue weighted by molar-refractivity contribution is 5.80. The molecule has 0 aliphatic rings. The molecule has 4 nitrogen and oxygen atoms in total. The zero-order valence-corrected chi connectivity index (χ0v) is 12.2. The summed E-state index contributed by atoms with van der Waals surface area (Å²) in [6.45, 7) is 5.29. The fraction of sp³-hybridized carbons (Fsp3) is 0.500. The van der Waals surface area contributed by atoms with Crippen LogP contribution in [-0.4, -0.2) is 35.0 Å². The van der Waals surface area contributed by atoms with Gasteiger partial charge < -0.3 is 10.0 Å². The zero-order chi connectivity index (χ0) is 15.0. The number of carbonyl (C=O) groups excluding carboxylic acids is 1. The Bertz CT molecular complexity index is 431. The number of carbonyl (C=O) groups is 2. The predicted octanol–water partition coefficient (Wildman–Crippen LogP) is 2.89. The second-order valence-electron chi connectivity index (χ2n) is 4.84. The molecule has 0 saturated carbocycles. The Labute approximate surface area is 120 Å². The minimum Gasteiger partial charge on any atom is -0.481 e. The molecule has 0 heterocycles. The van der Waals surface area contributed by atoms with Gasteiger partial charge in [-0.15, -0.1) is 0 Å². The average Bonchev–Trinajstić information content (AvgIpc) is 2.47. The number of carboxylic acids is 1. The fourth-order valence-corrected chi connectivity index (χ4v) is 2.24. The summed E-state index contributed by atoms with van der Waals surface area (Å²) in [5.74, 6) is -0.710. The van der Waals surface area contributed by atoms with Gasteiger partial charge in [-0.25, -0.2) is 0 Å². The highest BCUT2D eigenvalue weighted by Gasteiger charge is 2.18. The zero-order valence-electron chi connectivity index (χ0n) is 12.2. The molecule has 1 atom stereocenters. The van der Waals surface area contributed by atoms with Crippen LogP contribution in [0.3, 0.4) is 0 Å². The maximum Gasteiger partial charge on any atom is 0.303 e. The first-order valence-corrected chi connectivity index (χ1v) is 7.13. The van der Waals surface area contributed by atoms with E-state index in [-0.39, 0.29) is 18.7 Å². The first kappa shape index (κ1) is 16.2. The van der Waals surface area contributed by atoms with Crippen molar-refractivity contribution in [1.29, 1.82) is 0 Å². The minimum absolute atomic E-state index is 0.0778. The highest BCUT2D eigenvalue weighted by atomic mass is 16.4. The van der Waals surface area contributed by atoms with Crippen molar-refractivity contribution in [3.8, 4) is 0 Å². The van der Waals surface area contributed by atoms with E-state index in [1.807, 2.05) is 25.1 Å². The molecule has 0 saturated heterocycles. The maximum absolute atomic E-state index is 12.0. The van der Waals surface area contributed by atoms with Gasteiger partial charge in [0.1, 0.15) is 0 Å². The van der Waals surface area contributed by atoms with E-state index in [0.29, 0.717) is 19.0 Å². The number of amides is 1. The van der Waals surface area contributed by atoms with Crippen molar-refractivity contribution in [1.82, 2.24) is 4.90 Å². The summed E-state index contributed by atoms with van der Waals surface area (Å²) in [5.41, 5.74) is 1.22. The lowest BCUT2D eigenvalue weighted by molar-refractivity contribution is -0.140. The number of nitrogens with zero attached hydrogens (tertiary/aromatic N) is 1. The van der Waals surface area contributed by atoms with Crippen LogP contribution in [0.15, 0.2) is 30.3 Å². The summed E-state index contributed by atoms with van der Waals surface area (Å²) in [7, 11) is 0. The number of aliphatic carboxylic acids is 1. The second-order valence-corrected chi connectivity index (χ2v) is 4.84. The quantitative estimate of drug-likeness (QED) is 0.795. The van der Waals surface area contributed by atoms with Crippen molar-refractivity contribution in [2.45, 2.75) is 39.0 Å². The molecule has 0 aliphatic heterocycles. The Morgan fingerprint density at radius 1 is 1.15 bits per heavy atom. The van der Waals surface area contributed by atoms with E-state index in [9.17, 15) is 9.59 Å². The monoisotopic (exact) mass is 277 g/mol. The van der Waals surface area contributed by atoms with Gasteiger partial charge in [-0.2, -0.15) is 0 Å². The van der Waals surface area contributed by atoms with Crippen LogP contribution < -0.4 is 0 Å². The number of likely N-dealkylation sites (N-methyl/N-ethyl adjacent to an activating group) is 1. The van der Waals surface area contributed by atoms with E-state index in [2.05, 4.69) is 19.1 Å². The molecule has 110 valence electrons. The largest absolute Gasteiger partial charge is 0.481 e. The highest BCUT2D eigenvalue weighted by Crippen LogP contribution is 2.20. The summed E-state index contributed by atoms with van der Waals surface area (Å²) in [4.78, 5) is 24.3. The molecule has 0 aliphatic carbocycles. The molecule has 1 aromatic carbocycles. The van der Waals surface area contributed by atoms with Crippen LogP contribution in [0.5, 0.6) is 0 Å². The van der Waals surface area contributed by atoms with Crippen LogP contribution >= 0.6 is 0 Å². The molecule has 20 heavy (non-hydrogen) atoms. The molecular weight excluding hydrogens is 254 g/mol. The standard InChI is InChI=1S/C16H23NO3/c1-3-13(14-8-6-5-7-9-14)12-17(4-2)15(18)10-11-16(19)20/h5-9,13H,3-4,10-12H2,1-2H3,(H,19,20). The minimum atomic E-state index is -0.926. The van der Waals surface area contributed by atoms with E-state index in [1.165, 1.54) is 5.56 Å². The van der Waals surface area contributed by atoms with E-state index in [1.54, 1.807) is 4.90 Å². The van der Waals surface area contributed by atoms with Crippen LogP contribution in [-0.2, 0) is 9.59 Å². The molecule has 0 spiro atoms. The Hall–Kier alpha value is -1.84. The molecule has 1 N–H and O–H groups in total. The Morgan fingerprint density at radius 2 is 1.80 bits per heavy atom. The van der Waals surface area contributed by atoms with Gasteiger partial charge in [-0.1, -0.05) is 37.3 Å². The molecule has 0 bridgehead atoms. The first-order valence-electron chi connectivity index (χ1n) is 7.13. The van der Waals surface area contributed by atoms with Crippen molar-refractivity contribution in [2.24, 2.45) is 0 Å². The fourth-order valence-electron chi connectivity index (χ4n) is 2.24. The van der Waals surface area contributed by atoms with Crippen LogP contribution in [0.4, 0.5) is 0 Å². The third-order valence-electron chi connectivity index (χ3n) is 3.49. The SMILES string of the molecule is CCC(CN(CC)C(=O)CCC(=O)O)c1ccccc1. The van der Waals surface area contributed by atoms with Crippen LogP contribution in [0, 0.1) is 0 Å². The summed E-state index contributed by atoms with van der Waals surface area (Å²) in [5, 5.41) is 8.65. The third kappa shape index (κ3) is 5.03. The third-order valence-corrected chi connectivity index (χ3v) is 3.49. The summed E-state index contributed by atoms with van der Waals surface area (Å²) in [6.07, 6.45) is 0.929. The Balaban J connectivity index is 2.65. The predicted molar refractivity (Wildman–Crippen MR) is 78.6 cm³/mol. The van der Waals surface area contributed by atoms with Crippen LogP contribution in [0.1, 0.15) is 44.6 Å². The molecule has 1 amide bonds. The maximum atomic E-state index is 12.0. The van der Waals surface area contributed by atoms with E-state index in [0.717, 1.165) is 6.42 Å². The van der Waals surface area contributed by atoms with Gasteiger partial charge >= 0.3 is 5.97 Å². The first-order chi connectivity index (χ1) is 9.58. The molecule has 0 aromatic heterocycles. The topological polar surface area (TPSA) is 57.6 Å². The molecule has 4 heteroatoms. The lowest BCUT2D eigenvalue weighted by Gasteiger charge is -2.26. The second kappa shape index (κ2) is 8.35. The van der Waals surface area contributed by atoms with Crippen molar-refractivity contribution >= 4 is 11.9 Å². The van der Waals surface area contributed by atoms with Gasteiger partial charge in [0.25, 0.3) is 0 Å². The van der Waals surface area contributed by atoms with Crippen molar-refractivity contribution in [3.63, 3.8) is 0 Å². The molecular formula is C16H23NO3. The Morgan fingerprint density at radius 3 is 2.30 bits per heavy atom. The number of benzene rings is 1. The van der Waals surface area contributed by atoms with Gasteiger partial charge in [0.05, 0.1) is 6.42 Å². The summed E-state index contributed by atoms with van der Waals surface area (Å²) >= 11 is 0. The van der Waals surface area contributed by atoms with Gasteiger partial charge in [0.2, 0.25) is 5.91 Å². The summed E-state index contributed by atoms with van der Waals surface area (Å²) in [6, 6.07) is 10.1. The lowest BCUT2D eigenvalue weighted by Crippen LogP contribution is -2.34. The molecule has 1 aromatic rings. The van der Waals surface area contributed by atoms with Crippen molar-refractivity contribution in [2.75, 3.05) is 13.1 Å². The van der Waals surface area contributed by atoms with Gasteiger partial charge in [0, 0.05) is 25.4 Å². The number of hydrogen-bond donors (Lipinski definition) is 1.